The molecule has 0 saturated heterocycles. The van der Waals surface area contributed by atoms with E-state index in [9.17, 15) is 0 Å². The lowest BCUT2D eigenvalue weighted by Gasteiger charge is -2.24. The van der Waals surface area contributed by atoms with E-state index in [0.29, 0.717) is 0 Å². The summed E-state index contributed by atoms with van der Waals surface area (Å²) in [5.41, 5.74) is 20.1. The van der Waals surface area contributed by atoms with Gasteiger partial charge in [0.2, 0.25) is 0 Å². The zero-order valence-corrected chi connectivity index (χ0v) is 32.1. The predicted octanol–water partition coefficient (Wildman–Crippen LogP) is 14.9. The Balaban J connectivity index is 1.08. The van der Waals surface area contributed by atoms with Gasteiger partial charge in [0.05, 0.1) is 0 Å². The third kappa shape index (κ3) is 4.82. The van der Waals surface area contributed by atoms with Gasteiger partial charge in [0, 0.05) is 10.8 Å². The lowest BCUT2D eigenvalue weighted by Crippen LogP contribution is -2.15. The quantitative estimate of drug-likeness (QED) is 0.152. The predicted molar refractivity (Wildman–Crippen MR) is 232 cm³/mol. The molecule has 2 aliphatic rings. The maximum absolute atomic E-state index is 2.50. The van der Waals surface area contributed by atoms with Crippen molar-refractivity contribution in [2.75, 3.05) is 0 Å². The van der Waals surface area contributed by atoms with E-state index in [1.165, 1.54) is 118 Å². The Labute approximate surface area is 320 Å². The van der Waals surface area contributed by atoms with Crippen LogP contribution in [0.5, 0.6) is 0 Å². The van der Waals surface area contributed by atoms with Crippen LogP contribution in [-0.4, -0.2) is 0 Å². The van der Waals surface area contributed by atoms with Crippen molar-refractivity contribution in [3.63, 3.8) is 0 Å². The van der Waals surface area contributed by atoms with Crippen molar-refractivity contribution < 1.29 is 0 Å². The summed E-state index contributed by atoms with van der Waals surface area (Å²) in [4.78, 5) is 0. The summed E-state index contributed by atoms with van der Waals surface area (Å²) >= 11 is 0. The monoisotopic (exact) mass is 694 g/mol. The Morgan fingerprint density at radius 1 is 0.370 bits per heavy atom. The number of rotatable bonds is 6. The molecule has 54 heavy (non-hydrogen) atoms. The normalized spacial score (nSPS) is 14.5. The Morgan fingerprint density at radius 2 is 0.759 bits per heavy atom. The molecule has 0 amide bonds. The average molecular weight is 695 g/mol. The number of fused-ring (bicyclic) bond motifs is 8. The molecule has 0 aromatic heterocycles. The number of aryl methyl sites for hydroxylation is 1. The van der Waals surface area contributed by atoms with E-state index in [-0.39, 0.29) is 10.8 Å². The van der Waals surface area contributed by atoms with Crippen LogP contribution < -0.4 is 0 Å². The standard InChI is InChI=1S/C54H46/c1-6-7-14-34-21-23-35(24-22-34)51-43-16-8-10-18-45(43)52(46-19-11-9-17-44(46)51)38-27-30-42-41-29-26-37(32-49(41)54(4,5)50(42)33-38)36-25-28-40-39-15-12-13-20-47(39)53(2,3)48(40)31-36/h8-13,15-33H,6-7,14H2,1-5H3. The zero-order chi connectivity index (χ0) is 36.8. The zero-order valence-electron chi connectivity index (χ0n) is 32.1. The van der Waals surface area contributed by atoms with Crippen molar-refractivity contribution in [2.24, 2.45) is 0 Å². The molecule has 0 fully saturated rings. The first kappa shape index (κ1) is 32.9. The van der Waals surface area contributed by atoms with E-state index >= 15 is 0 Å². The average Bonchev–Trinajstić information content (AvgIpc) is 3.57. The topological polar surface area (TPSA) is 0 Å². The number of hydrogen-bond donors (Lipinski definition) is 0. The van der Waals surface area contributed by atoms with E-state index in [1.54, 1.807) is 0 Å². The molecule has 0 radical (unpaired) electrons. The molecule has 0 heteroatoms. The van der Waals surface area contributed by atoms with E-state index in [2.05, 4.69) is 186 Å². The second-order valence-electron chi connectivity index (χ2n) is 16.7. The molecule has 0 heterocycles. The first-order valence-corrected chi connectivity index (χ1v) is 19.8. The van der Waals surface area contributed by atoms with E-state index < -0.39 is 0 Å². The van der Waals surface area contributed by atoms with Gasteiger partial charge in [-0.05, 0) is 136 Å². The van der Waals surface area contributed by atoms with Crippen LogP contribution in [0.1, 0.15) is 75.3 Å². The number of benzene rings is 8. The van der Waals surface area contributed by atoms with Gasteiger partial charge in [0.1, 0.15) is 0 Å². The van der Waals surface area contributed by atoms with E-state index in [0.717, 1.165) is 6.42 Å². The highest BCUT2D eigenvalue weighted by Crippen LogP contribution is 2.53. The molecule has 10 rings (SSSR count). The van der Waals surface area contributed by atoms with Gasteiger partial charge in [-0.3, -0.25) is 0 Å². The minimum Gasteiger partial charge on any atom is -0.0654 e. The smallest absolute Gasteiger partial charge is 0.0159 e. The second kappa shape index (κ2) is 12.2. The van der Waals surface area contributed by atoms with Gasteiger partial charge < -0.3 is 0 Å². The Hall–Kier alpha value is -5.72. The minimum atomic E-state index is -0.145. The van der Waals surface area contributed by atoms with Crippen molar-refractivity contribution in [1.82, 2.24) is 0 Å². The van der Waals surface area contributed by atoms with Gasteiger partial charge in [-0.15, -0.1) is 0 Å². The van der Waals surface area contributed by atoms with Crippen LogP contribution in [-0.2, 0) is 17.3 Å². The third-order valence-electron chi connectivity index (χ3n) is 12.9. The summed E-state index contributed by atoms with van der Waals surface area (Å²) < 4.78 is 0. The van der Waals surface area contributed by atoms with Crippen molar-refractivity contribution in [1.29, 1.82) is 0 Å². The minimum absolute atomic E-state index is 0.0179. The highest BCUT2D eigenvalue weighted by molar-refractivity contribution is 6.21. The molecule has 0 spiro atoms. The maximum atomic E-state index is 2.50. The lowest BCUT2D eigenvalue weighted by atomic mass is 9.79. The number of hydrogen-bond acceptors (Lipinski definition) is 0. The molecule has 0 N–H and O–H groups in total. The van der Waals surface area contributed by atoms with Crippen LogP contribution in [0.25, 0.3) is 77.2 Å². The van der Waals surface area contributed by atoms with Crippen molar-refractivity contribution >= 4 is 21.5 Å². The molecule has 0 aliphatic heterocycles. The van der Waals surface area contributed by atoms with Gasteiger partial charge in [-0.1, -0.05) is 174 Å². The summed E-state index contributed by atoms with van der Waals surface area (Å²) in [5.74, 6) is 0. The molecule has 2 aliphatic carbocycles. The first-order valence-electron chi connectivity index (χ1n) is 19.8. The fraction of sp³-hybridized carbons (Fsp3) is 0.185. The van der Waals surface area contributed by atoms with Gasteiger partial charge in [0.15, 0.2) is 0 Å². The van der Waals surface area contributed by atoms with Gasteiger partial charge in [-0.25, -0.2) is 0 Å². The van der Waals surface area contributed by atoms with Crippen LogP contribution in [0.15, 0.2) is 152 Å². The third-order valence-corrected chi connectivity index (χ3v) is 12.9. The summed E-state index contributed by atoms with van der Waals surface area (Å²) in [6.07, 6.45) is 3.58. The van der Waals surface area contributed by atoms with Crippen molar-refractivity contribution in [3.8, 4) is 55.6 Å². The molecular weight excluding hydrogens is 649 g/mol. The Morgan fingerprint density at radius 3 is 1.28 bits per heavy atom. The highest BCUT2D eigenvalue weighted by atomic mass is 14.4. The molecule has 0 unspecified atom stereocenters. The van der Waals surface area contributed by atoms with Gasteiger partial charge in [-0.2, -0.15) is 0 Å². The molecule has 8 aromatic carbocycles. The first-order chi connectivity index (χ1) is 26.3. The molecule has 262 valence electrons. The van der Waals surface area contributed by atoms with Crippen LogP contribution in [0, 0.1) is 0 Å². The summed E-state index contributed by atoms with van der Waals surface area (Å²) in [5, 5.41) is 5.22. The number of unbranched alkanes of at least 4 members (excludes halogenated alkanes) is 1. The molecular formula is C54H46. The largest absolute Gasteiger partial charge is 0.0654 e. The van der Waals surface area contributed by atoms with Crippen LogP contribution >= 0.6 is 0 Å². The van der Waals surface area contributed by atoms with Crippen LogP contribution in [0.4, 0.5) is 0 Å². The Kier molecular flexibility index (Phi) is 7.40. The van der Waals surface area contributed by atoms with Crippen molar-refractivity contribution in [3.05, 3.63) is 179 Å². The SMILES string of the molecule is CCCCc1ccc(-c2c3ccccc3c(-c3ccc4c(c3)C(C)(C)c3cc(-c5ccc6c(c5)C(C)(C)c5ccccc5-6)ccc3-4)c3ccccc23)cc1. The van der Waals surface area contributed by atoms with Crippen LogP contribution in [0.3, 0.4) is 0 Å². The molecule has 0 atom stereocenters. The molecule has 0 saturated carbocycles. The fourth-order valence-electron chi connectivity index (χ4n) is 9.93. The molecule has 8 aromatic rings. The summed E-state index contributed by atoms with van der Waals surface area (Å²) in [6, 6.07) is 57.9. The highest BCUT2D eigenvalue weighted by Gasteiger charge is 2.37. The van der Waals surface area contributed by atoms with Gasteiger partial charge >= 0.3 is 0 Å². The van der Waals surface area contributed by atoms with Crippen LogP contribution in [0.2, 0.25) is 0 Å². The lowest BCUT2D eigenvalue weighted by molar-refractivity contribution is 0.659. The molecule has 0 nitrogen and oxygen atoms in total. The summed E-state index contributed by atoms with van der Waals surface area (Å²) in [7, 11) is 0. The molecule has 0 bridgehead atoms. The van der Waals surface area contributed by atoms with Crippen molar-refractivity contribution in [2.45, 2.75) is 64.7 Å². The maximum Gasteiger partial charge on any atom is 0.0159 e. The fourth-order valence-corrected chi connectivity index (χ4v) is 9.93. The van der Waals surface area contributed by atoms with E-state index in [1.807, 2.05) is 0 Å². The Bertz CT molecular complexity index is 2730. The van der Waals surface area contributed by atoms with Gasteiger partial charge in [0.25, 0.3) is 0 Å². The second-order valence-corrected chi connectivity index (χ2v) is 16.7. The van der Waals surface area contributed by atoms with E-state index in [4.69, 9.17) is 0 Å². The summed E-state index contributed by atoms with van der Waals surface area (Å²) in [6.45, 7) is 11.8.